The Morgan fingerprint density at radius 2 is 2.05 bits per heavy atom. The molecule has 0 saturated carbocycles. The van der Waals surface area contributed by atoms with Crippen molar-refractivity contribution in [3.63, 3.8) is 0 Å². The van der Waals surface area contributed by atoms with E-state index in [1.807, 2.05) is 4.72 Å². The highest BCUT2D eigenvalue weighted by Crippen LogP contribution is 2.18. The number of anilines is 1. The summed E-state index contributed by atoms with van der Waals surface area (Å²) in [6.07, 6.45) is 1.35. The third-order valence-corrected chi connectivity index (χ3v) is 3.67. The first-order chi connectivity index (χ1) is 9.40. The molecule has 1 aromatic carbocycles. The van der Waals surface area contributed by atoms with Gasteiger partial charge in [0.25, 0.3) is 10.0 Å². The monoisotopic (exact) mass is 297 g/mol. The molecule has 1 aromatic heterocycles. The Morgan fingerprint density at radius 3 is 2.60 bits per heavy atom. The van der Waals surface area contributed by atoms with E-state index in [2.05, 4.69) is 10.2 Å². The van der Waals surface area contributed by atoms with E-state index in [1.165, 1.54) is 18.3 Å². The fraction of sp³-hybridized carbons (Fsp3) is 0. The fourth-order valence-electron chi connectivity index (χ4n) is 1.40. The van der Waals surface area contributed by atoms with Gasteiger partial charge in [-0.1, -0.05) is 0 Å². The topological polar surface area (TPSA) is 109 Å². The van der Waals surface area contributed by atoms with Crippen molar-refractivity contribution < 1.29 is 22.7 Å². The first-order valence-electron chi connectivity index (χ1n) is 5.23. The molecule has 0 unspecified atom stereocenters. The predicted molar refractivity (Wildman–Crippen MR) is 66.2 cm³/mol. The Hall–Kier alpha value is -2.55. The van der Waals surface area contributed by atoms with Gasteiger partial charge in [-0.15, -0.1) is 5.10 Å². The van der Waals surface area contributed by atoms with Gasteiger partial charge in [0.15, 0.2) is 5.82 Å². The van der Waals surface area contributed by atoms with Crippen molar-refractivity contribution in [2.75, 3.05) is 4.72 Å². The van der Waals surface area contributed by atoms with Crippen molar-refractivity contribution in [1.29, 1.82) is 0 Å². The number of rotatable bonds is 4. The summed E-state index contributed by atoms with van der Waals surface area (Å²) in [5.41, 5.74) is -0.346. The van der Waals surface area contributed by atoms with Crippen LogP contribution in [-0.2, 0) is 10.0 Å². The molecular formula is C11H8FN3O4S. The number of sulfonamides is 1. The maximum absolute atomic E-state index is 13.7. The van der Waals surface area contributed by atoms with Gasteiger partial charge in [-0.3, -0.25) is 4.72 Å². The molecule has 7 nitrogen and oxygen atoms in total. The number of hydrogen-bond acceptors (Lipinski definition) is 5. The number of nitrogens with zero attached hydrogens (tertiary/aromatic N) is 2. The Morgan fingerprint density at radius 1 is 1.30 bits per heavy atom. The smallest absolute Gasteiger partial charge is 0.335 e. The van der Waals surface area contributed by atoms with Crippen LogP contribution in [0.3, 0.4) is 0 Å². The lowest BCUT2D eigenvalue weighted by Gasteiger charge is -2.07. The molecule has 0 bridgehead atoms. The molecule has 104 valence electrons. The number of aromatic carboxylic acids is 1. The number of carboxylic acid groups (broad SMARTS) is 1. The Bertz CT molecular complexity index is 750. The molecule has 0 atom stereocenters. The first-order valence-corrected chi connectivity index (χ1v) is 6.72. The van der Waals surface area contributed by atoms with E-state index < -0.39 is 26.7 Å². The summed E-state index contributed by atoms with van der Waals surface area (Å²) in [5, 5.41) is 15.7. The molecule has 2 rings (SSSR count). The summed E-state index contributed by atoms with van der Waals surface area (Å²) in [5.74, 6) is -2.59. The molecule has 1 heterocycles. The fourth-order valence-corrected chi connectivity index (χ4v) is 2.46. The van der Waals surface area contributed by atoms with Crippen LogP contribution in [0.2, 0.25) is 0 Å². The zero-order chi connectivity index (χ0) is 14.8. The molecule has 20 heavy (non-hydrogen) atoms. The number of halogens is 1. The summed E-state index contributed by atoms with van der Waals surface area (Å²) < 4.78 is 39.6. The largest absolute Gasteiger partial charge is 0.478 e. The first kappa shape index (κ1) is 13.9. The highest BCUT2D eigenvalue weighted by Gasteiger charge is 2.21. The quantitative estimate of drug-likeness (QED) is 0.875. The van der Waals surface area contributed by atoms with Crippen molar-refractivity contribution in [3.8, 4) is 0 Å². The van der Waals surface area contributed by atoms with Gasteiger partial charge in [0.2, 0.25) is 0 Å². The van der Waals surface area contributed by atoms with Crippen LogP contribution in [0.5, 0.6) is 0 Å². The van der Waals surface area contributed by atoms with Gasteiger partial charge < -0.3 is 5.11 Å². The van der Waals surface area contributed by atoms with E-state index >= 15 is 0 Å². The Labute approximate surface area is 113 Å². The molecule has 2 aromatic rings. The summed E-state index contributed by atoms with van der Waals surface area (Å²) in [7, 11) is -4.21. The maximum atomic E-state index is 13.7. The molecule has 0 aliphatic heterocycles. The Kier molecular flexibility index (Phi) is 3.61. The minimum absolute atomic E-state index is 0.0748. The molecule has 0 aliphatic rings. The summed E-state index contributed by atoms with van der Waals surface area (Å²) in [6.45, 7) is 0. The second-order valence-electron chi connectivity index (χ2n) is 3.66. The highest BCUT2D eigenvalue weighted by atomic mass is 32.2. The highest BCUT2D eigenvalue weighted by molar-refractivity contribution is 7.92. The molecule has 2 N–H and O–H groups in total. The number of hydrogen-bond donors (Lipinski definition) is 2. The molecule has 0 fully saturated rings. The SMILES string of the molecule is O=C(O)c1ccc(S(=O)(=O)Nc2cccnn2)c(F)c1. The van der Waals surface area contributed by atoms with Crippen LogP contribution in [0.15, 0.2) is 41.4 Å². The molecule has 0 saturated heterocycles. The number of carboxylic acids is 1. The van der Waals surface area contributed by atoms with Gasteiger partial charge in [-0.25, -0.2) is 17.6 Å². The molecular weight excluding hydrogens is 289 g/mol. The van der Waals surface area contributed by atoms with Crippen LogP contribution in [0.1, 0.15) is 10.4 Å². The molecule has 0 amide bonds. The minimum Gasteiger partial charge on any atom is -0.478 e. The molecule has 0 aliphatic carbocycles. The number of carbonyl (C=O) groups is 1. The molecule has 0 spiro atoms. The van der Waals surface area contributed by atoms with Gasteiger partial charge in [0.05, 0.1) is 5.56 Å². The third-order valence-electron chi connectivity index (χ3n) is 2.28. The van der Waals surface area contributed by atoms with Gasteiger partial charge >= 0.3 is 5.97 Å². The van der Waals surface area contributed by atoms with Crippen molar-refractivity contribution in [1.82, 2.24) is 10.2 Å². The standard InChI is InChI=1S/C11H8FN3O4S/c12-8-6-7(11(16)17)3-4-9(8)20(18,19)15-10-2-1-5-13-14-10/h1-6H,(H,14,15)(H,16,17). The van der Waals surface area contributed by atoms with E-state index in [-0.39, 0.29) is 11.4 Å². The van der Waals surface area contributed by atoms with Gasteiger partial charge in [-0.05, 0) is 30.3 Å². The van der Waals surface area contributed by atoms with Crippen LogP contribution >= 0.6 is 0 Å². The van der Waals surface area contributed by atoms with E-state index in [0.717, 1.165) is 12.1 Å². The van der Waals surface area contributed by atoms with E-state index in [4.69, 9.17) is 5.11 Å². The molecule has 9 heteroatoms. The van der Waals surface area contributed by atoms with Crippen LogP contribution in [0.4, 0.5) is 10.2 Å². The van der Waals surface area contributed by atoms with E-state index in [0.29, 0.717) is 6.07 Å². The summed E-state index contributed by atoms with van der Waals surface area (Å²) in [4.78, 5) is 9.98. The minimum atomic E-state index is -4.21. The lowest BCUT2D eigenvalue weighted by molar-refractivity contribution is 0.0696. The maximum Gasteiger partial charge on any atom is 0.335 e. The zero-order valence-electron chi connectivity index (χ0n) is 9.82. The average Bonchev–Trinajstić information content (AvgIpc) is 2.38. The Balaban J connectivity index is 2.37. The number of benzene rings is 1. The molecule has 0 radical (unpaired) electrons. The lowest BCUT2D eigenvalue weighted by Crippen LogP contribution is -2.16. The number of aromatic nitrogens is 2. The van der Waals surface area contributed by atoms with Crippen molar-refractivity contribution in [2.24, 2.45) is 0 Å². The van der Waals surface area contributed by atoms with Gasteiger partial charge in [0.1, 0.15) is 10.7 Å². The van der Waals surface area contributed by atoms with Crippen LogP contribution < -0.4 is 4.72 Å². The van der Waals surface area contributed by atoms with Crippen molar-refractivity contribution >= 4 is 21.8 Å². The average molecular weight is 297 g/mol. The van der Waals surface area contributed by atoms with Gasteiger partial charge in [-0.2, -0.15) is 5.10 Å². The van der Waals surface area contributed by atoms with Crippen molar-refractivity contribution in [3.05, 3.63) is 47.9 Å². The second kappa shape index (κ2) is 5.21. The van der Waals surface area contributed by atoms with Crippen LogP contribution in [0, 0.1) is 5.82 Å². The van der Waals surface area contributed by atoms with Crippen LogP contribution in [-0.4, -0.2) is 29.7 Å². The lowest BCUT2D eigenvalue weighted by atomic mass is 10.2. The predicted octanol–water partition coefficient (Wildman–Crippen LogP) is 1.11. The van der Waals surface area contributed by atoms with E-state index in [1.54, 1.807) is 0 Å². The zero-order valence-corrected chi connectivity index (χ0v) is 10.6. The summed E-state index contributed by atoms with van der Waals surface area (Å²) in [6, 6.07) is 5.30. The van der Waals surface area contributed by atoms with Crippen LogP contribution in [0.25, 0.3) is 0 Å². The van der Waals surface area contributed by atoms with E-state index in [9.17, 15) is 17.6 Å². The van der Waals surface area contributed by atoms with Crippen molar-refractivity contribution in [2.45, 2.75) is 4.90 Å². The van der Waals surface area contributed by atoms with Gasteiger partial charge in [0, 0.05) is 6.20 Å². The second-order valence-corrected chi connectivity index (χ2v) is 5.32. The summed E-state index contributed by atoms with van der Waals surface area (Å²) >= 11 is 0. The normalized spacial score (nSPS) is 11.1. The number of nitrogens with one attached hydrogen (secondary N) is 1. The third kappa shape index (κ3) is 2.88.